The van der Waals surface area contributed by atoms with Gasteiger partial charge in [-0.15, -0.1) is 0 Å². The molecule has 0 bridgehead atoms. The third-order valence-electron chi connectivity index (χ3n) is 6.07. The van der Waals surface area contributed by atoms with E-state index in [0.29, 0.717) is 35.5 Å². The summed E-state index contributed by atoms with van der Waals surface area (Å²) in [6.45, 7) is 1.19. The van der Waals surface area contributed by atoms with E-state index in [4.69, 9.17) is 20.9 Å². The van der Waals surface area contributed by atoms with Crippen LogP contribution >= 0.6 is 0 Å². The second-order valence-electron chi connectivity index (χ2n) is 8.96. The molecule has 0 saturated heterocycles. The molecule has 1 atom stereocenters. The number of carbonyl (C=O) groups is 2. The number of pyridine rings is 2. The lowest BCUT2D eigenvalue weighted by molar-refractivity contribution is -0.113. The third-order valence-corrected chi connectivity index (χ3v) is 6.07. The third kappa shape index (κ3) is 6.32. The van der Waals surface area contributed by atoms with Crippen LogP contribution in [0.5, 0.6) is 5.75 Å². The molecule has 2 amide bonds. The minimum Gasteiger partial charge on any atom is -0.486 e. The highest BCUT2D eigenvalue weighted by atomic mass is 19.3. The average molecular weight is 515 g/mol. The summed E-state index contributed by atoms with van der Waals surface area (Å²) >= 11 is 0. The lowest BCUT2D eigenvalue weighted by Crippen LogP contribution is -2.39. The molecule has 0 unspecified atom stereocenters. The molecule has 1 fully saturated rings. The highest BCUT2D eigenvalue weighted by Crippen LogP contribution is 2.35. The SMILES string of the molecule is C[C@@H](CC1CC(OC(N)=C(C(N)=O)c2ccccn2)C1)NC(=O)c1cnn2cc(OCC(F)F)ccc12. The number of alkyl halides is 2. The standard InChI is InChI=1S/C25H28F2N6O4/c1-14(32-25(35)18-11-31-33-12-16(5-6-20(18)33)36-13-21(26)27)8-15-9-17(10-15)37-24(29)22(23(28)34)19-4-2-3-7-30-19/h2-7,11-12,14-15,17,21H,8-10,13,29H2,1H3,(H2,28,34)(H,32,35)/t14-,15?,17?/m0/s1. The molecule has 3 aromatic rings. The minimum absolute atomic E-state index is 0.0470. The summed E-state index contributed by atoms with van der Waals surface area (Å²) in [7, 11) is 0. The quantitative estimate of drug-likeness (QED) is 0.263. The predicted octanol–water partition coefficient (Wildman–Crippen LogP) is 2.49. The lowest BCUT2D eigenvalue weighted by atomic mass is 9.78. The van der Waals surface area contributed by atoms with Gasteiger partial charge in [0.25, 0.3) is 18.2 Å². The van der Waals surface area contributed by atoms with Gasteiger partial charge >= 0.3 is 0 Å². The van der Waals surface area contributed by atoms with Crippen LogP contribution in [0.15, 0.2) is 54.8 Å². The first-order chi connectivity index (χ1) is 17.7. The molecule has 3 heterocycles. The Labute approximate surface area is 211 Å². The molecule has 12 heteroatoms. The number of nitrogens with zero attached hydrogens (tertiary/aromatic N) is 3. The van der Waals surface area contributed by atoms with Crippen molar-refractivity contribution in [3.8, 4) is 5.75 Å². The predicted molar refractivity (Wildman–Crippen MR) is 130 cm³/mol. The first-order valence-electron chi connectivity index (χ1n) is 11.8. The van der Waals surface area contributed by atoms with E-state index >= 15 is 0 Å². The fraction of sp³-hybridized carbons (Fsp3) is 0.360. The van der Waals surface area contributed by atoms with E-state index in [2.05, 4.69) is 15.4 Å². The highest BCUT2D eigenvalue weighted by molar-refractivity contribution is 6.18. The van der Waals surface area contributed by atoms with Crippen molar-refractivity contribution in [2.75, 3.05) is 6.61 Å². The van der Waals surface area contributed by atoms with Crippen LogP contribution in [-0.4, -0.2) is 51.6 Å². The molecule has 10 nitrogen and oxygen atoms in total. The molecular weight excluding hydrogens is 486 g/mol. The van der Waals surface area contributed by atoms with Crippen LogP contribution in [0, 0.1) is 5.92 Å². The Balaban J connectivity index is 1.28. The van der Waals surface area contributed by atoms with Gasteiger partial charge in [-0.2, -0.15) is 5.10 Å². The normalized spacial score (nSPS) is 18.6. The van der Waals surface area contributed by atoms with Crippen LogP contribution in [0.25, 0.3) is 11.1 Å². The van der Waals surface area contributed by atoms with Crippen molar-refractivity contribution in [1.29, 1.82) is 0 Å². The summed E-state index contributed by atoms with van der Waals surface area (Å²) in [6, 6.07) is 8.08. The Morgan fingerprint density at radius 3 is 2.68 bits per heavy atom. The maximum absolute atomic E-state index is 12.8. The maximum Gasteiger partial charge on any atom is 0.272 e. The molecule has 0 aliphatic heterocycles. The van der Waals surface area contributed by atoms with E-state index in [0.717, 1.165) is 6.42 Å². The zero-order valence-electron chi connectivity index (χ0n) is 20.1. The van der Waals surface area contributed by atoms with Crippen molar-refractivity contribution >= 4 is 22.9 Å². The summed E-state index contributed by atoms with van der Waals surface area (Å²) in [5.74, 6) is -0.515. The van der Waals surface area contributed by atoms with Crippen LogP contribution in [0.2, 0.25) is 0 Å². The first kappa shape index (κ1) is 25.9. The monoisotopic (exact) mass is 514 g/mol. The molecule has 0 aromatic carbocycles. The molecule has 196 valence electrons. The lowest BCUT2D eigenvalue weighted by Gasteiger charge is -2.37. The zero-order valence-corrected chi connectivity index (χ0v) is 20.1. The topological polar surface area (TPSA) is 147 Å². The Bertz CT molecular complexity index is 1290. The van der Waals surface area contributed by atoms with Crippen molar-refractivity contribution in [1.82, 2.24) is 19.9 Å². The smallest absolute Gasteiger partial charge is 0.272 e. The van der Waals surface area contributed by atoms with Gasteiger partial charge in [0, 0.05) is 12.2 Å². The molecule has 1 saturated carbocycles. The van der Waals surface area contributed by atoms with Gasteiger partial charge in [0.2, 0.25) is 0 Å². The van der Waals surface area contributed by atoms with Crippen molar-refractivity contribution in [3.05, 3.63) is 66.1 Å². The van der Waals surface area contributed by atoms with Crippen molar-refractivity contribution < 1.29 is 27.8 Å². The van der Waals surface area contributed by atoms with E-state index in [9.17, 15) is 18.4 Å². The average Bonchev–Trinajstić information content (AvgIpc) is 3.25. The number of aromatic nitrogens is 3. The van der Waals surface area contributed by atoms with Gasteiger partial charge in [-0.05, 0) is 56.4 Å². The van der Waals surface area contributed by atoms with Crippen molar-refractivity contribution in [3.63, 3.8) is 0 Å². The highest BCUT2D eigenvalue weighted by Gasteiger charge is 2.33. The van der Waals surface area contributed by atoms with Gasteiger partial charge < -0.3 is 26.3 Å². The molecule has 0 spiro atoms. The second kappa shape index (κ2) is 11.2. The van der Waals surface area contributed by atoms with Crippen LogP contribution in [0.1, 0.15) is 42.2 Å². The zero-order chi connectivity index (χ0) is 26.5. The van der Waals surface area contributed by atoms with Crippen LogP contribution in [0.3, 0.4) is 0 Å². The minimum atomic E-state index is -2.58. The fourth-order valence-electron chi connectivity index (χ4n) is 4.33. The van der Waals surface area contributed by atoms with E-state index < -0.39 is 18.9 Å². The maximum atomic E-state index is 12.8. The summed E-state index contributed by atoms with van der Waals surface area (Å²) in [5.41, 5.74) is 12.8. The Kier molecular flexibility index (Phi) is 7.85. The number of hydrogen-bond acceptors (Lipinski definition) is 7. The molecule has 3 aromatic heterocycles. The van der Waals surface area contributed by atoms with Crippen molar-refractivity contribution in [2.24, 2.45) is 17.4 Å². The van der Waals surface area contributed by atoms with Gasteiger partial charge in [-0.1, -0.05) is 6.07 Å². The first-order valence-corrected chi connectivity index (χ1v) is 11.8. The number of hydrogen-bond donors (Lipinski definition) is 3. The van der Waals surface area contributed by atoms with Gasteiger partial charge in [0.1, 0.15) is 24.0 Å². The summed E-state index contributed by atoms with van der Waals surface area (Å²) in [5, 5.41) is 7.10. The van der Waals surface area contributed by atoms with Crippen LogP contribution in [-0.2, 0) is 9.53 Å². The number of ether oxygens (including phenoxy) is 2. The van der Waals surface area contributed by atoms with Gasteiger partial charge in [-0.3, -0.25) is 14.6 Å². The number of amides is 2. The molecular formula is C25H28F2N6O4. The van der Waals surface area contributed by atoms with E-state index in [1.807, 2.05) is 6.92 Å². The van der Waals surface area contributed by atoms with Crippen LogP contribution in [0.4, 0.5) is 8.78 Å². The van der Waals surface area contributed by atoms with E-state index in [-0.39, 0.29) is 35.3 Å². The Morgan fingerprint density at radius 1 is 1.22 bits per heavy atom. The summed E-state index contributed by atoms with van der Waals surface area (Å²) in [6.07, 6.45) is 3.83. The molecule has 37 heavy (non-hydrogen) atoms. The van der Waals surface area contributed by atoms with Gasteiger partial charge in [0.15, 0.2) is 5.88 Å². The Hall–Kier alpha value is -4.22. The molecule has 5 N–H and O–H groups in total. The molecule has 1 aliphatic rings. The molecule has 0 radical (unpaired) electrons. The number of nitrogens with one attached hydrogen (secondary N) is 1. The van der Waals surface area contributed by atoms with Gasteiger partial charge in [0.05, 0.1) is 29.2 Å². The summed E-state index contributed by atoms with van der Waals surface area (Å²) < 4.78 is 36.9. The van der Waals surface area contributed by atoms with Crippen molar-refractivity contribution in [2.45, 2.75) is 44.8 Å². The number of nitrogens with two attached hydrogens (primary N) is 2. The molecule has 1 aliphatic carbocycles. The fourth-order valence-corrected chi connectivity index (χ4v) is 4.33. The largest absolute Gasteiger partial charge is 0.486 e. The van der Waals surface area contributed by atoms with E-state index in [1.165, 1.54) is 29.2 Å². The molecule has 4 rings (SSSR count). The number of primary amides is 1. The summed E-state index contributed by atoms with van der Waals surface area (Å²) in [4.78, 5) is 28.8. The number of rotatable bonds is 11. The second-order valence-corrected chi connectivity index (χ2v) is 8.96. The Morgan fingerprint density at radius 2 is 2.00 bits per heavy atom. The number of fused-ring (bicyclic) bond motifs is 1. The van der Waals surface area contributed by atoms with E-state index in [1.54, 1.807) is 24.3 Å². The van der Waals surface area contributed by atoms with Crippen LogP contribution < -0.4 is 21.5 Å². The number of halogens is 2. The van der Waals surface area contributed by atoms with Gasteiger partial charge in [-0.25, -0.2) is 13.3 Å². The number of carbonyl (C=O) groups excluding carboxylic acids is 2.